The van der Waals surface area contributed by atoms with E-state index in [1.165, 1.54) is 18.9 Å². The summed E-state index contributed by atoms with van der Waals surface area (Å²) in [5.41, 5.74) is 1.03. The molecule has 1 amide bonds. The van der Waals surface area contributed by atoms with Gasteiger partial charge in [-0.3, -0.25) is 4.79 Å². The fourth-order valence-corrected chi connectivity index (χ4v) is 2.58. The Labute approximate surface area is 134 Å². The zero-order valence-corrected chi connectivity index (χ0v) is 13.0. The molecule has 1 saturated carbocycles. The predicted molar refractivity (Wildman–Crippen MR) is 85.3 cm³/mol. The Kier molecular flexibility index (Phi) is 4.23. The maximum atomic E-state index is 12.2. The van der Waals surface area contributed by atoms with E-state index < -0.39 is 5.97 Å². The minimum absolute atomic E-state index is 0.0507. The van der Waals surface area contributed by atoms with Crippen molar-refractivity contribution in [3.05, 3.63) is 30.0 Å². The number of fused-ring (bicyclic) bond motifs is 1. The molecule has 1 aliphatic carbocycles. The van der Waals surface area contributed by atoms with Gasteiger partial charge in [0.05, 0.1) is 6.61 Å². The smallest absolute Gasteiger partial charge is 0.354 e. The summed E-state index contributed by atoms with van der Waals surface area (Å²) in [6.45, 7) is 2.74. The first-order valence-corrected chi connectivity index (χ1v) is 7.84. The molecular weight excluding hydrogens is 296 g/mol. The molecule has 6 nitrogen and oxygen atoms in total. The maximum absolute atomic E-state index is 12.2. The molecular formula is C17H20N2O4. The van der Waals surface area contributed by atoms with Gasteiger partial charge in [0.15, 0.2) is 0 Å². The van der Waals surface area contributed by atoms with E-state index in [1.54, 1.807) is 29.7 Å². The van der Waals surface area contributed by atoms with Gasteiger partial charge in [-0.2, -0.15) is 0 Å². The van der Waals surface area contributed by atoms with Crippen molar-refractivity contribution in [1.82, 2.24) is 9.88 Å². The van der Waals surface area contributed by atoms with Crippen LogP contribution >= 0.6 is 0 Å². The second-order valence-corrected chi connectivity index (χ2v) is 5.83. The molecule has 1 aromatic carbocycles. The number of phenolic OH excluding ortho intramolecular Hbond substituents is 1. The van der Waals surface area contributed by atoms with Crippen LogP contribution in [0, 0.1) is 5.92 Å². The molecule has 1 fully saturated rings. The summed E-state index contributed by atoms with van der Waals surface area (Å²) in [5.74, 6) is 0.108. The minimum Gasteiger partial charge on any atom is -0.508 e. The zero-order chi connectivity index (χ0) is 16.4. The number of hydrogen-bond donors (Lipinski definition) is 2. The van der Waals surface area contributed by atoms with Crippen LogP contribution < -0.4 is 5.32 Å². The van der Waals surface area contributed by atoms with Crippen molar-refractivity contribution in [3.8, 4) is 5.75 Å². The SMILES string of the molecule is CCOC(=O)c1cc2cc(O)ccc2n1CC(=O)NCC1CC1. The number of rotatable bonds is 6. The Morgan fingerprint density at radius 2 is 2.13 bits per heavy atom. The first-order chi connectivity index (χ1) is 11.1. The number of hydrogen-bond acceptors (Lipinski definition) is 4. The molecule has 23 heavy (non-hydrogen) atoms. The third-order valence-corrected chi connectivity index (χ3v) is 3.96. The summed E-state index contributed by atoms with van der Waals surface area (Å²) in [7, 11) is 0. The predicted octanol–water partition coefficient (Wildman–Crippen LogP) is 2.05. The summed E-state index contributed by atoms with van der Waals surface area (Å²) < 4.78 is 6.70. The summed E-state index contributed by atoms with van der Waals surface area (Å²) in [6, 6.07) is 6.44. The Bertz CT molecular complexity index is 746. The van der Waals surface area contributed by atoms with Crippen molar-refractivity contribution in [2.45, 2.75) is 26.3 Å². The van der Waals surface area contributed by atoms with Crippen LogP contribution in [0.15, 0.2) is 24.3 Å². The van der Waals surface area contributed by atoms with Gasteiger partial charge in [-0.15, -0.1) is 0 Å². The minimum atomic E-state index is -0.474. The third-order valence-electron chi connectivity index (χ3n) is 3.96. The molecule has 1 heterocycles. The Balaban J connectivity index is 1.89. The van der Waals surface area contributed by atoms with Crippen molar-refractivity contribution >= 4 is 22.8 Å². The highest BCUT2D eigenvalue weighted by Gasteiger charge is 2.23. The first kappa shape index (κ1) is 15.4. The van der Waals surface area contributed by atoms with E-state index in [1.807, 2.05) is 0 Å². The summed E-state index contributed by atoms with van der Waals surface area (Å²) in [5, 5.41) is 13.2. The lowest BCUT2D eigenvalue weighted by molar-refractivity contribution is -0.121. The molecule has 0 bridgehead atoms. The Morgan fingerprint density at radius 1 is 1.35 bits per heavy atom. The lowest BCUT2D eigenvalue weighted by Gasteiger charge is -2.10. The van der Waals surface area contributed by atoms with Gasteiger partial charge in [0, 0.05) is 17.4 Å². The number of aromatic nitrogens is 1. The summed E-state index contributed by atoms with van der Waals surface area (Å²) >= 11 is 0. The van der Waals surface area contributed by atoms with E-state index in [2.05, 4.69) is 5.32 Å². The van der Waals surface area contributed by atoms with E-state index >= 15 is 0 Å². The van der Waals surface area contributed by atoms with Crippen molar-refractivity contribution in [3.63, 3.8) is 0 Å². The summed E-state index contributed by atoms with van der Waals surface area (Å²) in [6.07, 6.45) is 2.33. The molecule has 0 saturated heterocycles. The lowest BCUT2D eigenvalue weighted by atomic mass is 10.2. The molecule has 2 aromatic rings. The molecule has 122 valence electrons. The van der Waals surface area contributed by atoms with Gasteiger partial charge in [0.2, 0.25) is 5.91 Å². The fraction of sp³-hybridized carbons (Fsp3) is 0.412. The van der Waals surface area contributed by atoms with Crippen molar-refractivity contribution < 1.29 is 19.4 Å². The van der Waals surface area contributed by atoms with E-state index in [9.17, 15) is 14.7 Å². The van der Waals surface area contributed by atoms with Crippen LogP contribution in [-0.4, -0.2) is 34.7 Å². The number of benzene rings is 1. The Hall–Kier alpha value is -2.50. The van der Waals surface area contributed by atoms with E-state index in [0.29, 0.717) is 29.1 Å². The highest BCUT2D eigenvalue weighted by atomic mass is 16.5. The van der Waals surface area contributed by atoms with Crippen LogP contribution in [0.25, 0.3) is 10.9 Å². The van der Waals surface area contributed by atoms with Crippen LogP contribution in [0.4, 0.5) is 0 Å². The standard InChI is InChI=1S/C17H20N2O4/c1-2-23-17(22)15-8-12-7-13(20)5-6-14(12)19(15)10-16(21)18-9-11-3-4-11/h5-8,11,20H,2-4,9-10H2,1H3,(H,18,21). The number of esters is 1. The van der Waals surface area contributed by atoms with Crippen LogP contribution in [0.3, 0.4) is 0 Å². The topological polar surface area (TPSA) is 80.6 Å². The number of phenols is 1. The molecule has 0 spiro atoms. The van der Waals surface area contributed by atoms with E-state index in [4.69, 9.17) is 4.74 Å². The normalized spacial score (nSPS) is 14.0. The van der Waals surface area contributed by atoms with Crippen LogP contribution in [0.1, 0.15) is 30.3 Å². The van der Waals surface area contributed by atoms with Gasteiger partial charge in [0.1, 0.15) is 18.0 Å². The number of amides is 1. The van der Waals surface area contributed by atoms with Gasteiger partial charge in [-0.05, 0) is 49.9 Å². The number of ether oxygens (including phenoxy) is 1. The van der Waals surface area contributed by atoms with E-state index in [0.717, 1.165) is 0 Å². The molecule has 2 N–H and O–H groups in total. The third kappa shape index (κ3) is 3.47. The van der Waals surface area contributed by atoms with Gasteiger partial charge in [0.25, 0.3) is 0 Å². The number of carbonyl (C=O) groups excluding carboxylic acids is 2. The molecule has 0 unspecified atom stereocenters. The molecule has 1 aromatic heterocycles. The van der Waals surface area contributed by atoms with Crippen LogP contribution in [0.5, 0.6) is 5.75 Å². The highest BCUT2D eigenvalue weighted by molar-refractivity contribution is 5.97. The van der Waals surface area contributed by atoms with E-state index in [-0.39, 0.29) is 24.8 Å². The molecule has 0 aliphatic heterocycles. The number of nitrogens with zero attached hydrogens (tertiary/aromatic N) is 1. The lowest BCUT2D eigenvalue weighted by Crippen LogP contribution is -2.30. The fourth-order valence-electron chi connectivity index (χ4n) is 2.58. The summed E-state index contributed by atoms with van der Waals surface area (Å²) in [4.78, 5) is 24.3. The van der Waals surface area contributed by atoms with Gasteiger partial charge in [-0.25, -0.2) is 4.79 Å². The largest absolute Gasteiger partial charge is 0.508 e. The Morgan fingerprint density at radius 3 is 2.83 bits per heavy atom. The molecule has 0 atom stereocenters. The van der Waals surface area contributed by atoms with Crippen LogP contribution in [0.2, 0.25) is 0 Å². The molecule has 1 aliphatic rings. The zero-order valence-electron chi connectivity index (χ0n) is 13.0. The quantitative estimate of drug-likeness (QED) is 0.799. The average molecular weight is 316 g/mol. The van der Waals surface area contributed by atoms with Crippen molar-refractivity contribution in [2.24, 2.45) is 5.92 Å². The van der Waals surface area contributed by atoms with Crippen molar-refractivity contribution in [1.29, 1.82) is 0 Å². The van der Waals surface area contributed by atoms with Gasteiger partial charge >= 0.3 is 5.97 Å². The number of carbonyl (C=O) groups is 2. The average Bonchev–Trinajstić information content (AvgIpc) is 3.28. The monoisotopic (exact) mass is 316 g/mol. The van der Waals surface area contributed by atoms with Gasteiger partial charge < -0.3 is 19.7 Å². The maximum Gasteiger partial charge on any atom is 0.354 e. The van der Waals surface area contributed by atoms with Gasteiger partial charge in [-0.1, -0.05) is 0 Å². The molecule has 6 heteroatoms. The van der Waals surface area contributed by atoms with Crippen LogP contribution in [-0.2, 0) is 16.1 Å². The van der Waals surface area contributed by atoms with Crippen molar-refractivity contribution in [2.75, 3.05) is 13.2 Å². The second kappa shape index (κ2) is 6.32. The number of aromatic hydroxyl groups is 1. The first-order valence-electron chi connectivity index (χ1n) is 7.84. The molecule has 3 rings (SSSR count). The highest BCUT2D eigenvalue weighted by Crippen LogP contribution is 2.28. The molecule has 0 radical (unpaired) electrons. The number of nitrogens with one attached hydrogen (secondary N) is 1. The second-order valence-electron chi connectivity index (χ2n) is 5.83.